The molecule has 0 bridgehead atoms. The summed E-state index contributed by atoms with van der Waals surface area (Å²) < 4.78 is 0. The molecule has 0 aliphatic carbocycles. The molecule has 1 aliphatic rings. The molecule has 1 saturated heterocycles. The molecule has 2 amide bonds. The van der Waals surface area contributed by atoms with Gasteiger partial charge in [-0.05, 0) is 37.5 Å². The van der Waals surface area contributed by atoms with Crippen LogP contribution in [-0.2, 0) is 4.79 Å². The zero-order chi connectivity index (χ0) is 14.7. The van der Waals surface area contributed by atoms with Gasteiger partial charge in [0.05, 0.1) is 0 Å². The molecular formula is C15H21N3O2. The van der Waals surface area contributed by atoms with Crippen LogP contribution in [0.1, 0.15) is 35.7 Å². The lowest BCUT2D eigenvalue weighted by Gasteiger charge is -2.32. The number of amides is 2. The number of carbonyl (C=O) groups is 2. The number of likely N-dealkylation sites (tertiary alicyclic amines) is 1. The van der Waals surface area contributed by atoms with E-state index in [-0.39, 0.29) is 17.9 Å². The zero-order valence-electron chi connectivity index (χ0n) is 12.0. The minimum Gasteiger partial charge on any atom is -0.399 e. The first-order valence-electron chi connectivity index (χ1n) is 6.90. The Labute approximate surface area is 119 Å². The van der Waals surface area contributed by atoms with Crippen LogP contribution in [0.15, 0.2) is 18.2 Å². The number of nitrogens with zero attached hydrogens (tertiary/aromatic N) is 1. The van der Waals surface area contributed by atoms with Gasteiger partial charge in [-0.15, -0.1) is 0 Å². The van der Waals surface area contributed by atoms with Gasteiger partial charge in [-0.25, -0.2) is 0 Å². The molecule has 0 spiro atoms. The maximum Gasteiger partial charge on any atom is 0.254 e. The minimum atomic E-state index is -0.0125. The Morgan fingerprint density at radius 3 is 2.55 bits per heavy atom. The molecule has 0 saturated carbocycles. The lowest BCUT2D eigenvalue weighted by Crippen LogP contribution is -2.46. The first-order chi connectivity index (χ1) is 9.47. The SMILES string of the molecule is CC(=O)NC1CCN(C(=O)c2cc(N)ccc2C)CC1. The van der Waals surface area contributed by atoms with E-state index in [0.29, 0.717) is 24.3 Å². The third-order valence-electron chi connectivity index (χ3n) is 3.68. The van der Waals surface area contributed by atoms with Crippen molar-refractivity contribution in [1.29, 1.82) is 0 Å². The fourth-order valence-electron chi connectivity index (χ4n) is 2.55. The maximum atomic E-state index is 12.5. The predicted molar refractivity (Wildman–Crippen MR) is 78.3 cm³/mol. The van der Waals surface area contributed by atoms with Crippen LogP contribution in [0.3, 0.4) is 0 Å². The Bertz CT molecular complexity index is 520. The summed E-state index contributed by atoms with van der Waals surface area (Å²) in [6.45, 7) is 4.76. The number of aryl methyl sites for hydroxylation is 1. The molecule has 3 N–H and O–H groups in total. The van der Waals surface area contributed by atoms with Crippen molar-refractivity contribution in [2.24, 2.45) is 0 Å². The van der Waals surface area contributed by atoms with Crippen LogP contribution in [0.5, 0.6) is 0 Å². The summed E-state index contributed by atoms with van der Waals surface area (Å²) in [5.41, 5.74) is 7.96. The van der Waals surface area contributed by atoms with Gasteiger partial charge < -0.3 is 16.0 Å². The summed E-state index contributed by atoms with van der Waals surface area (Å²) in [6.07, 6.45) is 1.60. The van der Waals surface area contributed by atoms with Gasteiger partial charge in [0.1, 0.15) is 0 Å². The predicted octanol–water partition coefficient (Wildman–Crippen LogP) is 1.32. The molecule has 1 aromatic carbocycles. The number of nitrogens with two attached hydrogens (primary N) is 1. The van der Waals surface area contributed by atoms with Gasteiger partial charge in [-0.1, -0.05) is 6.07 Å². The van der Waals surface area contributed by atoms with E-state index in [2.05, 4.69) is 5.32 Å². The van der Waals surface area contributed by atoms with Crippen LogP contribution >= 0.6 is 0 Å². The Morgan fingerprint density at radius 2 is 1.95 bits per heavy atom. The second kappa shape index (κ2) is 5.94. The Balaban J connectivity index is 2.01. The highest BCUT2D eigenvalue weighted by molar-refractivity contribution is 5.96. The van der Waals surface area contributed by atoms with E-state index in [9.17, 15) is 9.59 Å². The smallest absolute Gasteiger partial charge is 0.254 e. The first kappa shape index (κ1) is 14.4. The topological polar surface area (TPSA) is 75.4 Å². The zero-order valence-corrected chi connectivity index (χ0v) is 12.0. The van der Waals surface area contributed by atoms with Gasteiger partial charge in [0.15, 0.2) is 0 Å². The number of rotatable bonds is 2. The number of hydrogen-bond acceptors (Lipinski definition) is 3. The number of nitrogen functional groups attached to an aromatic ring is 1. The summed E-state index contributed by atoms with van der Waals surface area (Å²) in [7, 11) is 0. The lowest BCUT2D eigenvalue weighted by atomic mass is 10.0. The second-order valence-corrected chi connectivity index (χ2v) is 5.34. The van der Waals surface area contributed by atoms with Crippen molar-refractivity contribution in [3.63, 3.8) is 0 Å². The largest absolute Gasteiger partial charge is 0.399 e. The number of piperidine rings is 1. The molecular weight excluding hydrogens is 254 g/mol. The fourth-order valence-corrected chi connectivity index (χ4v) is 2.55. The first-order valence-corrected chi connectivity index (χ1v) is 6.90. The highest BCUT2D eigenvalue weighted by Gasteiger charge is 2.24. The van der Waals surface area contributed by atoms with Crippen molar-refractivity contribution in [1.82, 2.24) is 10.2 Å². The molecule has 108 valence electrons. The van der Waals surface area contributed by atoms with Gasteiger partial charge in [0, 0.05) is 37.3 Å². The third kappa shape index (κ3) is 3.29. The second-order valence-electron chi connectivity index (χ2n) is 5.34. The summed E-state index contributed by atoms with van der Waals surface area (Å²) in [4.78, 5) is 25.3. The third-order valence-corrected chi connectivity index (χ3v) is 3.68. The number of nitrogens with one attached hydrogen (secondary N) is 1. The van der Waals surface area contributed by atoms with Crippen LogP contribution in [-0.4, -0.2) is 35.8 Å². The van der Waals surface area contributed by atoms with Crippen molar-refractivity contribution in [3.05, 3.63) is 29.3 Å². The van der Waals surface area contributed by atoms with Crippen LogP contribution in [0.25, 0.3) is 0 Å². The van der Waals surface area contributed by atoms with Gasteiger partial charge in [0.2, 0.25) is 5.91 Å². The van der Waals surface area contributed by atoms with Crippen LogP contribution in [0.4, 0.5) is 5.69 Å². The number of benzene rings is 1. The summed E-state index contributed by atoms with van der Waals surface area (Å²) in [6, 6.07) is 5.58. The lowest BCUT2D eigenvalue weighted by molar-refractivity contribution is -0.119. The van der Waals surface area contributed by atoms with Crippen LogP contribution < -0.4 is 11.1 Å². The van der Waals surface area contributed by atoms with Crippen LogP contribution in [0, 0.1) is 6.92 Å². The highest BCUT2D eigenvalue weighted by atomic mass is 16.2. The van der Waals surface area contributed by atoms with E-state index in [1.165, 1.54) is 6.92 Å². The molecule has 2 rings (SSSR count). The minimum absolute atomic E-state index is 0.0125. The maximum absolute atomic E-state index is 12.5. The molecule has 5 heteroatoms. The molecule has 0 radical (unpaired) electrons. The van der Waals surface area contributed by atoms with Gasteiger partial charge >= 0.3 is 0 Å². The summed E-state index contributed by atoms with van der Waals surface area (Å²) in [5.74, 6) is 0.0116. The number of carbonyl (C=O) groups excluding carboxylic acids is 2. The van der Waals surface area contributed by atoms with Crippen molar-refractivity contribution in [3.8, 4) is 0 Å². The molecule has 0 unspecified atom stereocenters. The average molecular weight is 275 g/mol. The molecule has 5 nitrogen and oxygen atoms in total. The van der Waals surface area contributed by atoms with Crippen molar-refractivity contribution >= 4 is 17.5 Å². The van der Waals surface area contributed by atoms with Crippen molar-refractivity contribution in [2.45, 2.75) is 32.7 Å². The van der Waals surface area contributed by atoms with Crippen LogP contribution in [0.2, 0.25) is 0 Å². The molecule has 1 aliphatic heterocycles. The van der Waals surface area contributed by atoms with E-state index in [1.807, 2.05) is 17.9 Å². The van der Waals surface area contributed by atoms with E-state index in [1.54, 1.807) is 12.1 Å². The van der Waals surface area contributed by atoms with E-state index >= 15 is 0 Å². The molecule has 1 fully saturated rings. The Morgan fingerprint density at radius 1 is 1.30 bits per heavy atom. The normalized spacial score (nSPS) is 16.0. The summed E-state index contributed by atoms with van der Waals surface area (Å²) >= 11 is 0. The van der Waals surface area contributed by atoms with E-state index in [0.717, 1.165) is 18.4 Å². The summed E-state index contributed by atoms with van der Waals surface area (Å²) in [5, 5.41) is 2.90. The Hall–Kier alpha value is -2.04. The standard InChI is InChI=1S/C15H21N3O2/c1-10-3-4-12(16)9-14(10)15(20)18-7-5-13(6-8-18)17-11(2)19/h3-4,9,13H,5-8,16H2,1-2H3,(H,17,19). The molecule has 1 heterocycles. The van der Waals surface area contributed by atoms with Gasteiger partial charge in [0.25, 0.3) is 5.91 Å². The monoisotopic (exact) mass is 275 g/mol. The average Bonchev–Trinajstić information content (AvgIpc) is 2.41. The molecule has 1 aromatic rings. The molecule has 0 aromatic heterocycles. The molecule has 20 heavy (non-hydrogen) atoms. The number of hydrogen-bond donors (Lipinski definition) is 2. The van der Waals surface area contributed by atoms with Gasteiger partial charge in [-0.3, -0.25) is 9.59 Å². The Kier molecular flexibility index (Phi) is 4.27. The van der Waals surface area contributed by atoms with Crippen molar-refractivity contribution < 1.29 is 9.59 Å². The van der Waals surface area contributed by atoms with E-state index in [4.69, 9.17) is 5.73 Å². The highest BCUT2D eigenvalue weighted by Crippen LogP contribution is 2.18. The fraction of sp³-hybridized carbons (Fsp3) is 0.467. The van der Waals surface area contributed by atoms with E-state index < -0.39 is 0 Å². The molecule has 0 atom stereocenters. The number of anilines is 1. The van der Waals surface area contributed by atoms with Gasteiger partial charge in [-0.2, -0.15) is 0 Å². The quantitative estimate of drug-likeness (QED) is 0.799. The van der Waals surface area contributed by atoms with Crippen molar-refractivity contribution in [2.75, 3.05) is 18.8 Å².